The molecule has 0 aromatic carbocycles. The highest BCUT2D eigenvalue weighted by molar-refractivity contribution is 5.10. The van der Waals surface area contributed by atoms with Gasteiger partial charge in [0.25, 0.3) is 0 Å². The zero-order valence-electron chi connectivity index (χ0n) is 8.31. The Hall–Kier alpha value is -1.04. The molecule has 14 heavy (non-hydrogen) atoms. The van der Waals surface area contributed by atoms with Crippen LogP contribution in [0.5, 0.6) is 0 Å². The lowest BCUT2D eigenvalue weighted by Crippen LogP contribution is -2.31. The van der Waals surface area contributed by atoms with E-state index in [9.17, 15) is 0 Å². The smallest absolute Gasteiger partial charge is 0.0710 e. The van der Waals surface area contributed by atoms with Crippen molar-refractivity contribution in [2.24, 2.45) is 5.84 Å². The quantitative estimate of drug-likeness (QED) is 0.391. The fraction of sp³-hybridized carbons (Fsp3) is 0.556. The summed E-state index contributed by atoms with van der Waals surface area (Å²) in [6.07, 6.45) is 4.32. The number of hydrogen-bond acceptors (Lipinski definition) is 5. The van der Waals surface area contributed by atoms with Gasteiger partial charge in [-0.15, -0.1) is 0 Å². The van der Waals surface area contributed by atoms with Crippen LogP contribution in [-0.2, 0) is 4.74 Å². The summed E-state index contributed by atoms with van der Waals surface area (Å²) in [6, 6.07) is 1.85. The van der Waals surface area contributed by atoms with Crippen molar-refractivity contribution in [3.05, 3.63) is 24.0 Å². The molecule has 0 radical (unpaired) electrons. The third-order valence-electron chi connectivity index (χ3n) is 1.84. The number of hydrogen-bond donors (Lipinski definition) is 2. The van der Waals surface area contributed by atoms with Gasteiger partial charge in [0.2, 0.25) is 0 Å². The molecule has 1 atom stereocenters. The highest BCUT2D eigenvalue weighted by Gasteiger charge is 2.09. The number of ether oxygens (including phenoxy) is 1. The van der Waals surface area contributed by atoms with E-state index in [0.29, 0.717) is 6.61 Å². The summed E-state index contributed by atoms with van der Waals surface area (Å²) < 4.78 is 5.40. The number of nitrogens with two attached hydrogens (primary N) is 1. The molecular formula is C9H16N4O. The van der Waals surface area contributed by atoms with Gasteiger partial charge in [-0.1, -0.05) is 6.92 Å². The second-order valence-corrected chi connectivity index (χ2v) is 2.97. The number of hydrazine groups is 1. The van der Waals surface area contributed by atoms with Crippen molar-refractivity contribution >= 4 is 0 Å². The maximum atomic E-state index is 5.41. The molecule has 0 amide bonds. The Bertz CT molecular complexity index is 242. The Balaban J connectivity index is 2.46. The van der Waals surface area contributed by atoms with Crippen LogP contribution in [0.15, 0.2) is 18.5 Å². The number of aromatic nitrogens is 2. The minimum atomic E-state index is -0.0166. The molecule has 0 saturated heterocycles. The Kier molecular flexibility index (Phi) is 5.06. The number of rotatable bonds is 6. The van der Waals surface area contributed by atoms with Crippen LogP contribution in [0.25, 0.3) is 0 Å². The van der Waals surface area contributed by atoms with Gasteiger partial charge < -0.3 is 4.74 Å². The van der Waals surface area contributed by atoms with Gasteiger partial charge >= 0.3 is 0 Å². The second kappa shape index (κ2) is 6.42. The maximum Gasteiger partial charge on any atom is 0.0710 e. The molecule has 1 rings (SSSR count). The summed E-state index contributed by atoms with van der Waals surface area (Å²) in [5.41, 5.74) is 3.67. The van der Waals surface area contributed by atoms with Crippen molar-refractivity contribution in [2.75, 3.05) is 13.2 Å². The summed E-state index contributed by atoms with van der Waals surface area (Å²) in [4.78, 5) is 0. The van der Waals surface area contributed by atoms with Crippen LogP contribution < -0.4 is 11.3 Å². The highest BCUT2D eigenvalue weighted by Crippen LogP contribution is 2.09. The summed E-state index contributed by atoms with van der Waals surface area (Å²) >= 11 is 0. The predicted octanol–water partition coefficient (Wildman–Crippen LogP) is 0.408. The molecule has 0 saturated carbocycles. The molecule has 1 heterocycles. The van der Waals surface area contributed by atoms with E-state index in [2.05, 4.69) is 22.5 Å². The Morgan fingerprint density at radius 3 is 3.00 bits per heavy atom. The van der Waals surface area contributed by atoms with E-state index in [1.54, 1.807) is 12.4 Å². The normalized spacial score (nSPS) is 12.7. The molecule has 3 N–H and O–H groups in total. The van der Waals surface area contributed by atoms with E-state index in [-0.39, 0.29) is 6.04 Å². The molecule has 0 fully saturated rings. The van der Waals surface area contributed by atoms with Crippen molar-refractivity contribution in [3.8, 4) is 0 Å². The van der Waals surface area contributed by atoms with Crippen molar-refractivity contribution in [1.29, 1.82) is 0 Å². The first-order valence-corrected chi connectivity index (χ1v) is 4.69. The molecule has 5 heteroatoms. The third kappa shape index (κ3) is 3.37. The second-order valence-electron chi connectivity index (χ2n) is 2.97. The minimum absolute atomic E-state index is 0.0166. The molecular weight excluding hydrogens is 180 g/mol. The standard InChI is InChI=1S/C9H16N4O/c1-2-5-14-7-9(13-10)8-3-4-11-12-6-8/h3-4,6,9,13H,2,5,7,10H2,1H3. The lowest BCUT2D eigenvalue weighted by atomic mass is 10.1. The van der Waals surface area contributed by atoms with Gasteiger partial charge in [0.15, 0.2) is 0 Å². The monoisotopic (exact) mass is 196 g/mol. The van der Waals surface area contributed by atoms with Crippen LogP contribution in [0.1, 0.15) is 24.9 Å². The largest absolute Gasteiger partial charge is 0.379 e. The van der Waals surface area contributed by atoms with E-state index < -0.39 is 0 Å². The van der Waals surface area contributed by atoms with E-state index in [1.165, 1.54) is 0 Å². The van der Waals surface area contributed by atoms with E-state index >= 15 is 0 Å². The molecule has 1 aromatic rings. The SMILES string of the molecule is CCCOCC(NN)c1ccnnc1. The first-order valence-electron chi connectivity index (χ1n) is 4.69. The van der Waals surface area contributed by atoms with E-state index in [0.717, 1.165) is 18.6 Å². The maximum absolute atomic E-state index is 5.41. The summed E-state index contributed by atoms with van der Waals surface area (Å²) in [6.45, 7) is 3.37. The van der Waals surface area contributed by atoms with Crippen molar-refractivity contribution in [2.45, 2.75) is 19.4 Å². The van der Waals surface area contributed by atoms with Crippen LogP contribution in [-0.4, -0.2) is 23.4 Å². The highest BCUT2D eigenvalue weighted by atomic mass is 16.5. The fourth-order valence-electron chi connectivity index (χ4n) is 1.09. The molecule has 1 aromatic heterocycles. The van der Waals surface area contributed by atoms with Crippen molar-refractivity contribution in [3.63, 3.8) is 0 Å². The van der Waals surface area contributed by atoms with Gasteiger partial charge in [-0.05, 0) is 18.1 Å². The summed E-state index contributed by atoms with van der Waals surface area (Å²) in [5, 5.41) is 7.48. The molecule has 0 aliphatic carbocycles. The molecule has 0 spiro atoms. The van der Waals surface area contributed by atoms with Gasteiger partial charge in [-0.25, -0.2) is 0 Å². The predicted molar refractivity (Wildman–Crippen MR) is 53.2 cm³/mol. The zero-order valence-corrected chi connectivity index (χ0v) is 8.31. The summed E-state index contributed by atoms with van der Waals surface area (Å²) in [7, 11) is 0. The average molecular weight is 196 g/mol. The van der Waals surface area contributed by atoms with Gasteiger partial charge in [0, 0.05) is 12.8 Å². The number of nitrogens with one attached hydrogen (secondary N) is 1. The lowest BCUT2D eigenvalue weighted by Gasteiger charge is -2.15. The van der Waals surface area contributed by atoms with Crippen molar-refractivity contribution in [1.82, 2.24) is 15.6 Å². The fourth-order valence-corrected chi connectivity index (χ4v) is 1.09. The molecule has 5 nitrogen and oxygen atoms in total. The molecule has 78 valence electrons. The minimum Gasteiger partial charge on any atom is -0.379 e. The van der Waals surface area contributed by atoms with Crippen LogP contribution in [0.3, 0.4) is 0 Å². The van der Waals surface area contributed by atoms with Crippen LogP contribution in [0, 0.1) is 0 Å². The van der Waals surface area contributed by atoms with Gasteiger partial charge in [0.1, 0.15) is 0 Å². The zero-order chi connectivity index (χ0) is 10.2. The van der Waals surface area contributed by atoms with Crippen LogP contribution >= 0.6 is 0 Å². The summed E-state index contributed by atoms with van der Waals surface area (Å²) in [5.74, 6) is 5.41. The molecule has 0 aliphatic heterocycles. The van der Waals surface area contributed by atoms with Crippen LogP contribution in [0.4, 0.5) is 0 Å². The Morgan fingerprint density at radius 1 is 1.57 bits per heavy atom. The first-order chi connectivity index (χ1) is 6.88. The lowest BCUT2D eigenvalue weighted by molar-refractivity contribution is 0.112. The van der Waals surface area contributed by atoms with Gasteiger partial charge in [-0.3, -0.25) is 11.3 Å². The van der Waals surface area contributed by atoms with E-state index in [1.807, 2.05) is 6.07 Å². The van der Waals surface area contributed by atoms with Gasteiger partial charge in [0.05, 0.1) is 18.8 Å². The Morgan fingerprint density at radius 2 is 2.43 bits per heavy atom. The van der Waals surface area contributed by atoms with E-state index in [4.69, 9.17) is 10.6 Å². The number of nitrogens with zero attached hydrogens (tertiary/aromatic N) is 2. The van der Waals surface area contributed by atoms with Crippen molar-refractivity contribution < 1.29 is 4.74 Å². The van der Waals surface area contributed by atoms with Crippen LogP contribution in [0.2, 0.25) is 0 Å². The Labute approximate surface area is 83.6 Å². The van der Waals surface area contributed by atoms with Gasteiger partial charge in [-0.2, -0.15) is 10.2 Å². The molecule has 1 unspecified atom stereocenters. The third-order valence-corrected chi connectivity index (χ3v) is 1.84. The first kappa shape index (κ1) is 11.0. The molecule has 0 bridgehead atoms. The average Bonchev–Trinajstić information content (AvgIpc) is 2.26. The topological polar surface area (TPSA) is 73.1 Å². The molecule has 0 aliphatic rings.